The highest BCUT2D eigenvalue weighted by Gasteiger charge is 2.29. The number of amides is 2. The second-order valence-electron chi connectivity index (χ2n) is 7.09. The van der Waals surface area contributed by atoms with Crippen LogP contribution in [0.1, 0.15) is 40.5 Å². The molecule has 0 aromatic rings. The van der Waals surface area contributed by atoms with Crippen molar-refractivity contribution < 1.29 is 19.1 Å². The molecule has 2 amide bonds. The summed E-state index contributed by atoms with van der Waals surface area (Å²) in [6, 6.07) is 0.261. The van der Waals surface area contributed by atoms with Crippen LogP contribution in [0.5, 0.6) is 0 Å². The van der Waals surface area contributed by atoms with Crippen LogP contribution in [0.4, 0.5) is 4.79 Å². The van der Waals surface area contributed by atoms with Crippen LogP contribution in [0, 0.1) is 5.92 Å². The highest BCUT2D eigenvalue weighted by molar-refractivity contribution is 5.74. The van der Waals surface area contributed by atoms with Gasteiger partial charge in [0.05, 0.1) is 6.61 Å². The number of nitrogens with two attached hydrogens (primary N) is 1. The SMILES string of the molecule is CC(NCCOCC(N)=O)C1CCCN(C(=O)OC(C)(C)C)C1. The molecule has 0 bridgehead atoms. The molecule has 1 aliphatic rings. The number of carbonyl (C=O) groups is 2. The molecule has 0 saturated carbocycles. The third-order valence-corrected chi connectivity index (χ3v) is 3.77. The van der Waals surface area contributed by atoms with Gasteiger partial charge < -0.3 is 25.4 Å². The van der Waals surface area contributed by atoms with Crippen molar-refractivity contribution in [2.45, 2.75) is 52.2 Å². The molecule has 2 unspecified atom stereocenters. The number of nitrogens with one attached hydrogen (secondary N) is 1. The quantitative estimate of drug-likeness (QED) is 0.683. The number of ether oxygens (including phenoxy) is 2. The summed E-state index contributed by atoms with van der Waals surface area (Å²) >= 11 is 0. The van der Waals surface area contributed by atoms with Crippen molar-refractivity contribution in [1.82, 2.24) is 10.2 Å². The van der Waals surface area contributed by atoms with Crippen molar-refractivity contribution in [2.24, 2.45) is 11.7 Å². The zero-order chi connectivity index (χ0) is 17.5. The Labute approximate surface area is 138 Å². The zero-order valence-electron chi connectivity index (χ0n) is 14.8. The number of nitrogens with zero attached hydrogens (tertiary/aromatic N) is 1. The van der Waals surface area contributed by atoms with Crippen LogP contribution in [0.3, 0.4) is 0 Å². The molecule has 7 nitrogen and oxygen atoms in total. The summed E-state index contributed by atoms with van der Waals surface area (Å²) in [4.78, 5) is 24.5. The van der Waals surface area contributed by atoms with Crippen molar-refractivity contribution in [3.63, 3.8) is 0 Å². The molecule has 3 N–H and O–H groups in total. The Morgan fingerprint density at radius 3 is 2.70 bits per heavy atom. The molecule has 0 aromatic heterocycles. The molecule has 0 aliphatic carbocycles. The fourth-order valence-electron chi connectivity index (χ4n) is 2.61. The van der Waals surface area contributed by atoms with Crippen molar-refractivity contribution >= 4 is 12.0 Å². The molecule has 0 spiro atoms. The van der Waals surface area contributed by atoms with Gasteiger partial charge in [-0.15, -0.1) is 0 Å². The summed E-state index contributed by atoms with van der Waals surface area (Å²) < 4.78 is 10.6. The van der Waals surface area contributed by atoms with Crippen LogP contribution in [-0.2, 0) is 14.3 Å². The van der Waals surface area contributed by atoms with E-state index in [1.54, 1.807) is 4.90 Å². The monoisotopic (exact) mass is 329 g/mol. The van der Waals surface area contributed by atoms with Gasteiger partial charge in [0.25, 0.3) is 0 Å². The first-order valence-corrected chi connectivity index (χ1v) is 8.26. The minimum atomic E-state index is -0.467. The van der Waals surface area contributed by atoms with Crippen molar-refractivity contribution in [1.29, 1.82) is 0 Å². The van der Waals surface area contributed by atoms with Gasteiger partial charge in [0, 0.05) is 25.7 Å². The Morgan fingerprint density at radius 2 is 2.09 bits per heavy atom. The number of rotatable bonds is 7. The van der Waals surface area contributed by atoms with Crippen molar-refractivity contribution in [3.8, 4) is 0 Å². The van der Waals surface area contributed by atoms with Gasteiger partial charge in [-0.05, 0) is 46.5 Å². The van der Waals surface area contributed by atoms with E-state index in [2.05, 4.69) is 12.2 Å². The second kappa shape index (κ2) is 9.08. The van der Waals surface area contributed by atoms with E-state index in [0.29, 0.717) is 25.6 Å². The summed E-state index contributed by atoms with van der Waals surface area (Å²) in [5, 5.41) is 3.38. The molecular weight excluding hydrogens is 298 g/mol. The molecular formula is C16H31N3O4. The normalized spacial score (nSPS) is 20.2. The minimum absolute atomic E-state index is 0.0497. The largest absolute Gasteiger partial charge is 0.444 e. The van der Waals surface area contributed by atoms with E-state index in [-0.39, 0.29) is 18.7 Å². The van der Waals surface area contributed by atoms with Gasteiger partial charge in [0.2, 0.25) is 5.91 Å². The molecule has 2 atom stereocenters. The minimum Gasteiger partial charge on any atom is -0.444 e. The average molecular weight is 329 g/mol. The molecule has 7 heteroatoms. The van der Waals surface area contributed by atoms with Gasteiger partial charge in [-0.1, -0.05) is 0 Å². The maximum Gasteiger partial charge on any atom is 0.410 e. The van der Waals surface area contributed by atoms with E-state index >= 15 is 0 Å². The number of likely N-dealkylation sites (tertiary alicyclic amines) is 1. The predicted octanol–water partition coefficient (Wildman–Crippen LogP) is 1.11. The van der Waals surface area contributed by atoms with Crippen LogP contribution in [-0.4, -0.2) is 61.4 Å². The lowest BCUT2D eigenvalue weighted by Gasteiger charge is -2.36. The Balaban J connectivity index is 2.33. The summed E-state index contributed by atoms with van der Waals surface area (Å²) in [7, 11) is 0. The zero-order valence-corrected chi connectivity index (χ0v) is 14.8. The maximum atomic E-state index is 12.2. The lowest BCUT2D eigenvalue weighted by molar-refractivity contribution is -0.122. The van der Waals surface area contributed by atoms with Gasteiger partial charge in [0.15, 0.2) is 0 Å². The highest BCUT2D eigenvalue weighted by atomic mass is 16.6. The molecule has 1 aliphatic heterocycles. The fourth-order valence-corrected chi connectivity index (χ4v) is 2.61. The van der Waals surface area contributed by atoms with E-state index in [1.807, 2.05) is 20.8 Å². The van der Waals surface area contributed by atoms with Crippen LogP contribution < -0.4 is 11.1 Å². The fraction of sp³-hybridized carbons (Fsp3) is 0.875. The topological polar surface area (TPSA) is 93.9 Å². The molecule has 1 rings (SSSR count). The van der Waals surface area contributed by atoms with E-state index in [1.165, 1.54) is 0 Å². The van der Waals surface area contributed by atoms with Crippen LogP contribution in [0.2, 0.25) is 0 Å². The number of hydrogen-bond donors (Lipinski definition) is 2. The summed E-state index contributed by atoms with van der Waals surface area (Å²) in [6.45, 7) is 10.2. The van der Waals surface area contributed by atoms with Gasteiger partial charge in [-0.3, -0.25) is 4.79 Å². The standard InChI is InChI=1S/C16H31N3O4/c1-12(18-7-9-22-11-14(17)20)13-6-5-8-19(10-13)15(21)23-16(2,3)4/h12-13,18H,5-11H2,1-4H3,(H2,17,20). The van der Waals surface area contributed by atoms with Crippen LogP contribution in [0.15, 0.2) is 0 Å². The Hall–Kier alpha value is -1.34. The summed E-state index contributed by atoms with van der Waals surface area (Å²) in [5.41, 5.74) is 4.54. The molecule has 1 fully saturated rings. The Bertz CT molecular complexity index is 395. The first-order chi connectivity index (χ1) is 10.7. The second-order valence-corrected chi connectivity index (χ2v) is 7.09. The van der Waals surface area contributed by atoms with E-state index in [9.17, 15) is 9.59 Å². The molecule has 134 valence electrons. The smallest absolute Gasteiger partial charge is 0.410 e. The Kier molecular flexibility index (Phi) is 7.78. The van der Waals surface area contributed by atoms with Gasteiger partial charge in [-0.25, -0.2) is 4.79 Å². The lowest BCUT2D eigenvalue weighted by Crippen LogP contribution is -2.48. The van der Waals surface area contributed by atoms with Crippen LogP contribution in [0.25, 0.3) is 0 Å². The summed E-state index contributed by atoms with van der Waals surface area (Å²) in [6.07, 6.45) is 1.82. The number of primary amides is 1. The van der Waals surface area contributed by atoms with Gasteiger partial charge in [0.1, 0.15) is 12.2 Å². The molecule has 0 aromatic carbocycles. The molecule has 1 saturated heterocycles. The van der Waals surface area contributed by atoms with Crippen molar-refractivity contribution in [3.05, 3.63) is 0 Å². The molecule has 1 heterocycles. The van der Waals surface area contributed by atoms with Crippen molar-refractivity contribution in [2.75, 3.05) is 32.8 Å². The third-order valence-electron chi connectivity index (χ3n) is 3.77. The van der Waals surface area contributed by atoms with Gasteiger partial charge >= 0.3 is 6.09 Å². The number of carbonyl (C=O) groups excluding carboxylic acids is 2. The van der Waals surface area contributed by atoms with Crippen LogP contribution >= 0.6 is 0 Å². The third kappa shape index (κ3) is 8.18. The highest BCUT2D eigenvalue weighted by Crippen LogP contribution is 2.21. The summed E-state index contributed by atoms with van der Waals surface area (Å²) in [5.74, 6) is -0.0780. The lowest BCUT2D eigenvalue weighted by atomic mass is 9.92. The Morgan fingerprint density at radius 1 is 1.39 bits per heavy atom. The van der Waals surface area contributed by atoms with E-state index in [0.717, 1.165) is 19.4 Å². The number of piperidine rings is 1. The van der Waals surface area contributed by atoms with Gasteiger partial charge in [-0.2, -0.15) is 0 Å². The average Bonchev–Trinajstić information content (AvgIpc) is 2.44. The first-order valence-electron chi connectivity index (χ1n) is 8.26. The predicted molar refractivity (Wildman–Crippen MR) is 88.0 cm³/mol. The molecule has 0 radical (unpaired) electrons. The molecule has 23 heavy (non-hydrogen) atoms. The maximum absolute atomic E-state index is 12.2. The first kappa shape index (κ1) is 19.7. The van der Waals surface area contributed by atoms with E-state index < -0.39 is 11.5 Å². The van der Waals surface area contributed by atoms with E-state index in [4.69, 9.17) is 15.2 Å². The number of hydrogen-bond acceptors (Lipinski definition) is 5.